The fourth-order valence-electron chi connectivity index (χ4n) is 3.73. The number of ether oxygens (including phenoxy) is 1. The Kier molecular flexibility index (Phi) is 13.6. The Morgan fingerprint density at radius 1 is 0.889 bits per heavy atom. The van der Waals surface area contributed by atoms with Crippen molar-refractivity contribution in [3.63, 3.8) is 0 Å². The van der Waals surface area contributed by atoms with E-state index in [1.807, 2.05) is 6.92 Å². The molecule has 0 aliphatic heterocycles. The molecule has 0 bridgehead atoms. The number of carbonyl (C=O) groups is 3. The van der Waals surface area contributed by atoms with Gasteiger partial charge in [0, 0.05) is 22.3 Å². The third kappa shape index (κ3) is 11.1. The second kappa shape index (κ2) is 16.4. The summed E-state index contributed by atoms with van der Waals surface area (Å²) in [4.78, 5) is 36.9. The Bertz CT molecular complexity index is 1030. The van der Waals surface area contributed by atoms with E-state index >= 15 is 0 Å². The normalized spacial score (nSPS) is 10.7. The highest BCUT2D eigenvalue weighted by Gasteiger charge is 2.13. The van der Waals surface area contributed by atoms with Crippen molar-refractivity contribution in [2.45, 2.75) is 78.1 Å². The number of halogens is 2. The monoisotopic (exact) mass is 578 g/mol. The number of hydrogen-bond acceptors (Lipinski definition) is 4. The molecule has 0 aliphatic carbocycles. The van der Waals surface area contributed by atoms with Crippen LogP contribution in [0.3, 0.4) is 0 Å². The van der Waals surface area contributed by atoms with Gasteiger partial charge in [0.05, 0.1) is 10.6 Å². The zero-order valence-corrected chi connectivity index (χ0v) is 23.5. The largest absolute Gasteiger partial charge is 0.452 e. The standard InChI is InChI=1S/C28H36BrClN2O4/c1-3-4-5-6-7-8-9-10-11-15-26(33)31-22-14-12-13-21(17-22)28(35)36-19-27(34)32-25-18-24(30)23(29)16-20(25)2/h12-14,16-18H,3-11,15,19H2,1-2H3,(H,31,33)(H,32,34). The van der Waals surface area contributed by atoms with Gasteiger partial charge in [0.25, 0.3) is 5.91 Å². The lowest BCUT2D eigenvalue weighted by Crippen LogP contribution is -2.21. The van der Waals surface area contributed by atoms with Gasteiger partial charge in [-0.3, -0.25) is 9.59 Å². The molecule has 0 spiro atoms. The van der Waals surface area contributed by atoms with E-state index < -0.39 is 18.5 Å². The number of hydrogen-bond donors (Lipinski definition) is 2. The molecule has 0 atom stereocenters. The highest BCUT2D eigenvalue weighted by Crippen LogP contribution is 2.29. The first kappa shape index (κ1) is 29.8. The summed E-state index contributed by atoms with van der Waals surface area (Å²) < 4.78 is 5.87. The maximum atomic E-state index is 12.4. The maximum Gasteiger partial charge on any atom is 0.338 e. The molecule has 0 radical (unpaired) electrons. The third-order valence-corrected chi connectivity index (χ3v) is 6.96. The summed E-state index contributed by atoms with van der Waals surface area (Å²) in [5.74, 6) is -1.20. The molecule has 2 amide bonds. The van der Waals surface area contributed by atoms with E-state index in [4.69, 9.17) is 16.3 Å². The Hall–Kier alpha value is -2.38. The molecule has 0 aliphatic rings. The van der Waals surface area contributed by atoms with Gasteiger partial charge in [0.2, 0.25) is 5.91 Å². The number of nitrogens with one attached hydrogen (secondary N) is 2. The SMILES string of the molecule is CCCCCCCCCCCC(=O)Nc1cccc(C(=O)OCC(=O)Nc2cc(Cl)c(Br)cc2C)c1. The summed E-state index contributed by atoms with van der Waals surface area (Å²) in [5.41, 5.74) is 2.14. The number of aryl methyl sites for hydroxylation is 1. The number of benzene rings is 2. The van der Waals surface area contributed by atoms with Gasteiger partial charge in [-0.05, 0) is 65.2 Å². The molecular weight excluding hydrogens is 544 g/mol. The van der Waals surface area contributed by atoms with Gasteiger partial charge < -0.3 is 15.4 Å². The van der Waals surface area contributed by atoms with Crippen LogP contribution in [0.2, 0.25) is 5.02 Å². The molecule has 0 saturated carbocycles. The zero-order chi connectivity index (χ0) is 26.3. The van der Waals surface area contributed by atoms with Crippen molar-refractivity contribution in [2.24, 2.45) is 0 Å². The average Bonchev–Trinajstić information content (AvgIpc) is 2.85. The number of anilines is 2. The van der Waals surface area contributed by atoms with Crippen LogP contribution in [0.4, 0.5) is 11.4 Å². The lowest BCUT2D eigenvalue weighted by molar-refractivity contribution is -0.119. The molecule has 0 fully saturated rings. The molecular formula is C28H36BrClN2O4. The smallest absolute Gasteiger partial charge is 0.338 e. The predicted molar refractivity (Wildman–Crippen MR) is 150 cm³/mol. The molecule has 2 aromatic carbocycles. The van der Waals surface area contributed by atoms with Crippen molar-refractivity contribution in [3.8, 4) is 0 Å². The van der Waals surface area contributed by atoms with Gasteiger partial charge in [0.1, 0.15) is 0 Å². The van der Waals surface area contributed by atoms with Crippen LogP contribution >= 0.6 is 27.5 Å². The van der Waals surface area contributed by atoms with E-state index in [1.165, 1.54) is 38.5 Å². The van der Waals surface area contributed by atoms with Crippen molar-refractivity contribution in [3.05, 3.63) is 57.0 Å². The number of rotatable bonds is 15. The highest BCUT2D eigenvalue weighted by molar-refractivity contribution is 9.10. The van der Waals surface area contributed by atoms with Gasteiger partial charge >= 0.3 is 5.97 Å². The molecule has 0 unspecified atom stereocenters. The predicted octanol–water partition coefficient (Wildman–Crippen LogP) is 8.07. The van der Waals surface area contributed by atoms with Gasteiger partial charge in [-0.25, -0.2) is 4.79 Å². The number of amides is 2. The molecule has 0 heterocycles. The molecule has 8 heteroatoms. The van der Waals surface area contributed by atoms with Crippen molar-refractivity contribution in [1.29, 1.82) is 0 Å². The van der Waals surface area contributed by atoms with E-state index in [0.29, 0.717) is 22.8 Å². The lowest BCUT2D eigenvalue weighted by Gasteiger charge is -2.11. The Morgan fingerprint density at radius 2 is 1.56 bits per heavy atom. The fraction of sp³-hybridized carbons (Fsp3) is 0.464. The molecule has 2 N–H and O–H groups in total. The van der Waals surface area contributed by atoms with Crippen LogP contribution in [0.15, 0.2) is 40.9 Å². The lowest BCUT2D eigenvalue weighted by atomic mass is 10.1. The summed E-state index contributed by atoms with van der Waals surface area (Å²) in [6.45, 7) is 3.61. The topological polar surface area (TPSA) is 84.5 Å². The first-order valence-electron chi connectivity index (χ1n) is 12.6. The summed E-state index contributed by atoms with van der Waals surface area (Å²) in [7, 11) is 0. The Labute approximate surface area is 227 Å². The van der Waals surface area contributed by atoms with Crippen LogP contribution in [0, 0.1) is 6.92 Å². The van der Waals surface area contributed by atoms with Crippen LogP contribution < -0.4 is 10.6 Å². The number of unbranched alkanes of at least 4 members (excludes halogenated alkanes) is 8. The van der Waals surface area contributed by atoms with Gasteiger partial charge in [-0.2, -0.15) is 0 Å². The Balaban J connectivity index is 1.72. The number of carbonyl (C=O) groups excluding carboxylic acids is 3. The van der Waals surface area contributed by atoms with Crippen molar-refractivity contribution in [2.75, 3.05) is 17.2 Å². The van der Waals surface area contributed by atoms with Crippen LogP contribution in [-0.2, 0) is 14.3 Å². The van der Waals surface area contributed by atoms with Gasteiger partial charge in [-0.15, -0.1) is 0 Å². The van der Waals surface area contributed by atoms with E-state index in [0.717, 1.165) is 29.3 Å². The molecule has 36 heavy (non-hydrogen) atoms. The first-order chi connectivity index (χ1) is 17.3. The summed E-state index contributed by atoms with van der Waals surface area (Å²) in [5, 5.41) is 5.98. The second-order valence-corrected chi connectivity index (χ2v) is 10.2. The molecule has 0 aromatic heterocycles. The molecule has 196 valence electrons. The highest BCUT2D eigenvalue weighted by atomic mass is 79.9. The fourth-order valence-corrected chi connectivity index (χ4v) is 4.35. The van der Waals surface area contributed by atoms with Crippen molar-refractivity contribution < 1.29 is 19.1 Å². The van der Waals surface area contributed by atoms with Crippen LogP contribution in [0.5, 0.6) is 0 Å². The third-order valence-electron chi connectivity index (χ3n) is 5.77. The van der Waals surface area contributed by atoms with E-state index in [9.17, 15) is 14.4 Å². The first-order valence-corrected chi connectivity index (χ1v) is 13.8. The van der Waals surface area contributed by atoms with Crippen molar-refractivity contribution >= 4 is 56.7 Å². The minimum Gasteiger partial charge on any atom is -0.452 e. The molecule has 0 saturated heterocycles. The van der Waals surface area contributed by atoms with Crippen molar-refractivity contribution in [1.82, 2.24) is 0 Å². The van der Waals surface area contributed by atoms with Gasteiger partial charge in [-0.1, -0.05) is 76.0 Å². The van der Waals surface area contributed by atoms with E-state index in [2.05, 4.69) is 33.5 Å². The minimum absolute atomic E-state index is 0.0774. The summed E-state index contributed by atoms with van der Waals surface area (Å²) in [6, 6.07) is 9.93. The summed E-state index contributed by atoms with van der Waals surface area (Å²) in [6.07, 6.45) is 11.2. The van der Waals surface area contributed by atoms with Gasteiger partial charge in [0.15, 0.2) is 6.61 Å². The zero-order valence-electron chi connectivity index (χ0n) is 21.1. The molecule has 2 rings (SSSR count). The van der Waals surface area contributed by atoms with E-state index in [1.54, 1.807) is 36.4 Å². The minimum atomic E-state index is -0.647. The summed E-state index contributed by atoms with van der Waals surface area (Å²) >= 11 is 9.41. The number of esters is 1. The van der Waals surface area contributed by atoms with Crippen LogP contribution in [0.25, 0.3) is 0 Å². The Morgan fingerprint density at radius 3 is 2.25 bits per heavy atom. The maximum absolute atomic E-state index is 12.4. The van der Waals surface area contributed by atoms with Crippen LogP contribution in [0.1, 0.15) is 87.1 Å². The van der Waals surface area contributed by atoms with E-state index in [-0.39, 0.29) is 11.5 Å². The average molecular weight is 580 g/mol. The molecule has 2 aromatic rings. The quantitative estimate of drug-likeness (QED) is 0.165. The van der Waals surface area contributed by atoms with Crippen LogP contribution in [-0.4, -0.2) is 24.4 Å². The molecule has 6 nitrogen and oxygen atoms in total. The second-order valence-electron chi connectivity index (χ2n) is 8.91.